The molecule has 1 unspecified atom stereocenters. The summed E-state index contributed by atoms with van der Waals surface area (Å²) in [6, 6.07) is 12.0. The van der Waals surface area contributed by atoms with E-state index in [-0.39, 0.29) is 17.8 Å². The quantitative estimate of drug-likeness (QED) is 0.932. The van der Waals surface area contributed by atoms with E-state index in [2.05, 4.69) is 0 Å². The highest BCUT2D eigenvalue weighted by molar-refractivity contribution is 5.90. The first-order valence-electron chi connectivity index (χ1n) is 6.23. The van der Waals surface area contributed by atoms with E-state index in [1.54, 1.807) is 31.2 Å². The van der Waals surface area contributed by atoms with Crippen molar-refractivity contribution in [3.8, 4) is 0 Å². The lowest BCUT2D eigenvalue weighted by Gasteiger charge is -2.23. The fourth-order valence-corrected chi connectivity index (χ4v) is 1.97. The van der Waals surface area contributed by atoms with Crippen molar-refractivity contribution in [1.82, 2.24) is 0 Å². The maximum absolute atomic E-state index is 13.6. The van der Waals surface area contributed by atoms with E-state index in [1.807, 2.05) is 6.07 Å². The minimum absolute atomic E-state index is 0.143. The number of ketones is 1. The number of carbonyl (C=O) groups excluding carboxylic acids is 1. The molecule has 0 aliphatic heterocycles. The van der Waals surface area contributed by atoms with E-state index >= 15 is 0 Å². The zero-order valence-corrected chi connectivity index (χ0v) is 11.1. The van der Waals surface area contributed by atoms with Crippen molar-refractivity contribution in [3.05, 3.63) is 71.3 Å². The van der Waals surface area contributed by atoms with Gasteiger partial charge in [0.25, 0.3) is 0 Å². The second-order valence-electron chi connectivity index (χ2n) is 4.90. The molecule has 0 aliphatic carbocycles. The van der Waals surface area contributed by atoms with Gasteiger partial charge in [-0.25, -0.2) is 8.78 Å². The molecular weight excluding hydrogens is 260 g/mol. The van der Waals surface area contributed by atoms with Crippen LogP contribution in [-0.2, 0) is 16.8 Å². The maximum Gasteiger partial charge on any atom is 0.161 e. The Hall–Kier alpha value is -2.07. The molecule has 0 radical (unpaired) electrons. The highest BCUT2D eigenvalue weighted by atomic mass is 19.1. The van der Waals surface area contributed by atoms with Gasteiger partial charge >= 0.3 is 0 Å². The molecule has 0 heterocycles. The average molecular weight is 275 g/mol. The molecule has 0 aliphatic rings. The van der Waals surface area contributed by atoms with Gasteiger partial charge in [0.05, 0.1) is 5.54 Å². The standard InChI is InChI=1S/C16H15F2NO/c1-16(19,12-5-3-2-4-6-12)15(20)9-11-7-8-13(17)10-14(11)18/h2-8,10H,9,19H2,1H3. The Bertz CT molecular complexity index is 624. The molecule has 0 saturated heterocycles. The number of Topliss-reactive ketones (excluding diaryl/α,β-unsaturated/α-hetero) is 1. The fourth-order valence-electron chi connectivity index (χ4n) is 1.97. The molecule has 104 valence electrons. The summed E-state index contributed by atoms with van der Waals surface area (Å²) in [4.78, 5) is 12.3. The summed E-state index contributed by atoms with van der Waals surface area (Å²) in [6.07, 6.45) is -0.173. The van der Waals surface area contributed by atoms with Crippen molar-refractivity contribution in [2.75, 3.05) is 0 Å². The van der Waals surface area contributed by atoms with E-state index in [4.69, 9.17) is 5.73 Å². The van der Waals surface area contributed by atoms with Gasteiger partial charge in [0.15, 0.2) is 5.78 Å². The minimum atomic E-state index is -1.21. The Kier molecular flexibility index (Phi) is 3.95. The summed E-state index contributed by atoms with van der Waals surface area (Å²) < 4.78 is 26.4. The van der Waals surface area contributed by atoms with Crippen LogP contribution in [-0.4, -0.2) is 5.78 Å². The van der Waals surface area contributed by atoms with Crippen molar-refractivity contribution in [3.63, 3.8) is 0 Å². The Morgan fingerprint density at radius 1 is 1.15 bits per heavy atom. The molecule has 4 heteroatoms. The van der Waals surface area contributed by atoms with Crippen LogP contribution in [0.15, 0.2) is 48.5 Å². The third kappa shape index (κ3) is 2.91. The molecule has 2 aromatic carbocycles. The lowest BCUT2D eigenvalue weighted by atomic mass is 9.86. The van der Waals surface area contributed by atoms with Crippen molar-refractivity contribution in [2.45, 2.75) is 18.9 Å². The second kappa shape index (κ2) is 5.51. The van der Waals surface area contributed by atoms with Crippen LogP contribution in [0.3, 0.4) is 0 Å². The monoisotopic (exact) mass is 275 g/mol. The van der Waals surface area contributed by atoms with Crippen molar-refractivity contribution in [2.24, 2.45) is 5.73 Å². The predicted octanol–water partition coefficient (Wildman–Crippen LogP) is 2.95. The average Bonchev–Trinajstić information content (AvgIpc) is 2.42. The molecule has 20 heavy (non-hydrogen) atoms. The van der Waals surface area contributed by atoms with Crippen molar-refractivity contribution < 1.29 is 13.6 Å². The molecule has 0 amide bonds. The lowest BCUT2D eigenvalue weighted by molar-refractivity contribution is -0.123. The molecule has 0 bridgehead atoms. The Balaban J connectivity index is 2.23. The minimum Gasteiger partial charge on any atom is -0.315 e. The SMILES string of the molecule is CC(N)(C(=O)Cc1ccc(F)cc1F)c1ccccc1. The third-order valence-corrected chi connectivity index (χ3v) is 3.32. The first-order valence-corrected chi connectivity index (χ1v) is 6.23. The molecule has 0 aromatic heterocycles. The summed E-state index contributed by atoms with van der Waals surface area (Å²) in [7, 11) is 0. The van der Waals surface area contributed by atoms with Gasteiger partial charge in [0.2, 0.25) is 0 Å². The van der Waals surface area contributed by atoms with Crippen molar-refractivity contribution >= 4 is 5.78 Å². The molecule has 1 atom stereocenters. The molecular formula is C16H15F2NO. The Morgan fingerprint density at radius 3 is 2.40 bits per heavy atom. The number of nitrogens with two attached hydrogens (primary N) is 1. The summed E-state index contributed by atoms with van der Waals surface area (Å²) >= 11 is 0. The van der Waals surface area contributed by atoms with Crippen LogP contribution >= 0.6 is 0 Å². The Morgan fingerprint density at radius 2 is 1.80 bits per heavy atom. The molecule has 0 saturated carbocycles. The molecule has 2 aromatic rings. The van der Waals surface area contributed by atoms with Gasteiger partial charge in [-0.1, -0.05) is 36.4 Å². The van der Waals surface area contributed by atoms with Crippen LogP contribution in [0.4, 0.5) is 8.78 Å². The van der Waals surface area contributed by atoms with Crippen LogP contribution < -0.4 is 5.73 Å². The van der Waals surface area contributed by atoms with Crippen LogP contribution in [0.25, 0.3) is 0 Å². The van der Waals surface area contributed by atoms with Gasteiger partial charge in [-0.2, -0.15) is 0 Å². The number of benzene rings is 2. The van der Waals surface area contributed by atoms with Gasteiger partial charge in [0.1, 0.15) is 11.6 Å². The molecule has 2 N–H and O–H groups in total. The maximum atomic E-state index is 13.6. The lowest BCUT2D eigenvalue weighted by Crippen LogP contribution is -2.42. The normalized spacial score (nSPS) is 13.8. The summed E-state index contributed by atoms with van der Waals surface area (Å²) in [5, 5.41) is 0. The van der Waals surface area contributed by atoms with E-state index < -0.39 is 17.2 Å². The zero-order valence-electron chi connectivity index (χ0n) is 11.1. The highest BCUT2D eigenvalue weighted by Crippen LogP contribution is 2.21. The zero-order chi connectivity index (χ0) is 14.8. The third-order valence-electron chi connectivity index (χ3n) is 3.32. The van der Waals surface area contributed by atoms with Crippen LogP contribution in [0, 0.1) is 11.6 Å². The van der Waals surface area contributed by atoms with Gasteiger partial charge in [-0.05, 0) is 24.1 Å². The molecule has 2 rings (SSSR count). The summed E-state index contributed by atoms with van der Waals surface area (Å²) in [6.45, 7) is 1.59. The number of hydrogen-bond donors (Lipinski definition) is 1. The smallest absolute Gasteiger partial charge is 0.161 e. The van der Waals surface area contributed by atoms with Gasteiger partial charge in [0, 0.05) is 12.5 Å². The summed E-state index contributed by atoms with van der Waals surface area (Å²) in [5.74, 6) is -1.73. The molecule has 2 nitrogen and oxygen atoms in total. The molecule has 0 fully saturated rings. The number of carbonyl (C=O) groups is 1. The van der Waals surface area contributed by atoms with E-state index in [1.165, 1.54) is 6.07 Å². The highest BCUT2D eigenvalue weighted by Gasteiger charge is 2.30. The van der Waals surface area contributed by atoms with Gasteiger partial charge in [-0.15, -0.1) is 0 Å². The van der Waals surface area contributed by atoms with E-state index in [0.717, 1.165) is 12.1 Å². The predicted molar refractivity (Wildman–Crippen MR) is 73.1 cm³/mol. The molecule has 0 spiro atoms. The second-order valence-corrected chi connectivity index (χ2v) is 4.90. The van der Waals surface area contributed by atoms with Crippen LogP contribution in [0.5, 0.6) is 0 Å². The Labute approximate surface area is 116 Å². The number of rotatable bonds is 4. The van der Waals surface area contributed by atoms with Crippen LogP contribution in [0.1, 0.15) is 18.1 Å². The topological polar surface area (TPSA) is 43.1 Å². The van der Waals surface area contributed by atoms with Crippen molar-refractivity contribution in [1.29, 1.82) is 0 Å². The van der Waals surface area contributed by atoms with Gasteiger partial charge < -0.3 is 5.73 Å². The van der Waals surface area contributed by atoms with E-state index in [9.17, 15) is 13.6 Å². The van der Waals surface area contributed by atoms with Gasteiger partial charge in [-0.3, -0.25) is 4.79 Å². The fraction of sp³-hybridized carbons (Fsp3) is 0.188. The summed E-state index contributed by atoms with van der Waals surface area (Å²) in [5.41, 5.74) is 5.66. The number of hydrogen-bond acceptors (Lipinski definition) is 2. The first kappa shape index (κ1) is 14.3. The first-order chi connectivity index (χ1) is 9.41. The largest absolute Gasteiger partial charge is 0.315 e. The number of halogens is 2. The van der Waals surface area contributed by atoms with Crippen LogP contribution in [0.2, 0.25) is 0 Å². The van der Waals surface area contributed by atoms with E-state index in [0.29, 0.717) is 5.56 Å².